The summed E-state index contributed by atoms with van der Waals surface area (Å²) in [5, 5.41) is 15.4. The Morgan fingerprint density at radius 3 is 2.30 bits per heavy atom. The maximum atomic E-state index is 9.88. The monoisotopic (exact) mass is 627 g/mol. The van der Waals surface area contributed by atoms with Gasteiger partial charge in [-0.3, -0.25) is 4.90 Å². The van der Waals surface area contributed by atoms with E-state index in [0.29, 0.717) is 41.8 Å². The van der Waals surface area contributed by atoms with Crippen molar-refractivity contribution in [3.8, 4) is 5.75 Å². The summed E-state index contributed by atoms with van der Waals surface area (Å²) in [6.07, 6.45) is 12.6. The van der Waals surface area contributed by atoms with Crippen LogP contribution >= 0.6 is 24.4 Å². The van der Waals surface area contributed by atoms with Gasteiger partial charge in [0.15, 0.2) is 10.2 Å². The van der Waals surface area contributed by atoms with Gasteiger partial charge in [-0.25, -0.2) is 0 Å². The van der Waals surface area contributed by atoms with E-state index in [9.17, 15) is 5.11 Å². The summed E-state index contributed by atoms with van der Waals surface area (Å²) in [5.41, 5.74) is 1.28. The fourth-order valence-electron chi connectivity index (χ4n) is 8.24. The lowest BCUT2D eigenvalue weighted by atomic mass is 9.88. The minimum absolute atomic E-state index is 0.338. The molecule has 4 fully saturated rings. The van der Waals surface area contributed by atoms with Crippen molar-refractivity contribution in [3.05, 3.63) is 29.8 Å². The van der Waals surface area contributed by atoms with Crippen molar-refractivity contribution < 1.29 is 5.11 Å². The van der Waals surface area contributed by atoms with Gasteiger partial charge in [-0.15, -0.1) is 0 Å². The maximum absolute atomic E-state index is 9.88. The molecule has 8 heteroatoms. The first-order chi connectivity index (χ1) is 20.7. The van der Waals surface area contributed by atoms with Crippen molar-refractivity contribution in [2.24, 2.45) is 17.8 Å². The van der Waals surface area contributed by atoms with Gasteiger partial charge >= 0.3 is 0 Å². The predicted octanol–water partition coefficient (Wildman–Crippen LogP) is 6.27. The number of thiocarbonyl (C=S) groups is 2. The van der Waals surface area contributed by atoms with Crippen molar-refractivity contribution in [1.82, 2.24) is 24.9 Å². The van der Waals surface area contributed by atoms with E-state index >= 15 is 0 Å². The molecule has 0 amide bonds. The zero-order valence-corrected chi connectivity index (χ0v) is 28.9. The Hall–Kier alpha value is -1.64. The smallest absolute Gasteiger partial charge is 0.172 e. The molecule has 1 aromatic rings. The van der Waals surface area contributed by atoms with E-state index in [-0.39, 0.29) is 0 Å². The third-order valence-electron chi connectivity index (χ3n) is 10.4. The van der Waals surface area contributed by atoms with Crippen LogP contribution in [0, 0.1) is 17.8 Å². The lowest BCUT2D eigenvalue weighted by Crippen LogP contribution is -2.51. The van der Waals surface area contributed by atoms with Crippen LogP contribution in [0.5, 0.6) is 5.75 Å². The average molecular weight is 628 g/mol. The van der Waals surface area contributed by atoms with Crippen LogP contribution in [0.25, 0.3) is 0 Å². The van der Waals surface area contributed by atoms with Crippen LogP contribution in [0.3, 0.4) is 0 Å². The fraction of sp³-hybridized carbons (Fsp3) is 0.771. The van der Waals surface area contributed by atoms with Crippen LogP contribution < -0.4 is 5.32 Å². The van der Waals surface area contributed by atoms with Crippen molar-refractivity contribution in [1.29, 1.82) is 0 Å². The predicted molar refractivity (Wildman–Crippen MR) is 187 cm³/mol. The highest BCUT2D eigenvalue weighted by atomic mass is 32.1. The summed E-state index contributed by atoms with van der Waals surface area (Å²) in [5.74, 6) is 2.37. The molecular formula is C35H57N5OS2. The van der Waals surface area contributed by atoms with Crippen molar-refractivity contribution in [2.75, 3.05) is 39.3 Å². The Balaban J connectivity index is 1.31. The van der Waals surface area contributed by atoms with Crippen LogP contribution in [-0.4, -0.2) is 98.4 Å². The van der Waals surface area contributed by atoms with Crippen molar-refractivity contribution in [3.63, 3.8) is 0 Å². The number of rotatable bonds is 13. The zero-order chi connectivity index (χ0) is 30.5. The van der Waals surface area contributed by atoms with E-state index in [0.717, 1.165) is 61.7 Å². The molecule has 5 rings (SSSR count). The second-order valence-corrected chi connectivity index (χ2v) is 15.6. The van der Waals surface area contributed by atoms with Gasteiger partial charge in [-0.2, -0.15) is 0 Å². The quantitative estimate of drug-likeness (QED) is 0.248. The molecule has 0 radical (unpaired) electrons. The molecule has 0 unspecified atom stereocenters. The number of nitrogens with one attached hydrogen (secondary N) is 1. The molecule has 0 spiro atoms. The van der Waals surface area contributed by atoms with Crippen LogP contribution in [0.1, 0.15) is 91.0 Å². The van der Waals surface area contributed by atoms with Gasteiger partial charge in [-0.05, 0) is 111 Å². The Morgan fingerprint density at radius 2 is 1.60 bits per heavy atom. The lowest BCUT2D eigenvalue weighted by Gasteiger charge is -2.38. The Labute approximate surface area is 272 Å². The second kappa shape index (κ2) is 15.1. The van der Waals surface area contributed by atoms with E-state index < -0.39 is 0 Å². The topological polar surface area (TPSA) is 45.2 Å². The maximum Gasteiger partial charge on any atom is 0.172 e. The summed E-state index contributed by atoms with van der Waals surface area (Å²) in [6.45, 7) is 15.8. The molecular weight excluding hydrogens is 571 g/mol. The van der Waals surface area contributed by atoms with Gasteiger partial charge in [0.1, 0.15) is 5.75 Å². The molecule has 3 aliphatic heterocycles. The van der Waals surface area contributed by atoms with E-state index in [2.05, 4.69) is 64.7 Å². The van der Waals surface area contributed by atoms with Gasteiger partial charge < -0.3 is 25.1 Å². The van der Waals surface area contributed by atoms with Crippen LogP contribution in [0.4, 0.5) is 0 Å². The van der Waals surface area contributed by atoms with E-state index in [1.165, 1.54) is 63.5 Å². The molecule has 0 aromatic heterocycles. The summed E-state index contributed by atoms with van der Waals surface area (Å²) in [7, 11) is 0. The van der Waals surface area contributed by atoms with Gasteiger partial charge in [0.2, 0.25) is 0 Å². The Kier molecular flexibility index (Phi) is 11.5. The molecule has 43 heavy (non-hydrogen) atoms. The third kappa shape index (κ3) is 8.55. The number of benzene rings is 1. The number of hydrogen-bond acceptors (Lipinski definition) is 4. The second-order valence-electron chi connectivity index (χ2n) is 14.8. The van der Waals surface area contributed by atoms with Gasteiger partial charge in [0.05, 0.1) is 6.04 Å². The lowest BCUT2D eigenvalue weighted by molar-refractivity contribution is 0.147. The number of nitrogens with zero attached hydrogens (tertiary/aromatic N) is 4. The first kappa shape index (κ1) is 32.7. The van der Waals surface area contributed by atoms with Gasteiger partial charge in [-0.1, -0.05) is 59.1 Å². The number of hydrogen-bond donors (Lipinski definition) is 2. The Bertz CT molecular complexity index is 1060. The molecule has 6 nitrogen and oxygen atoms in total. The largest absolute Gasteiger partial charge is 0.508 e. The number of phenolic OH excluding ortho intramolecular Hbond substituents is 1. The minimum Gasteiger partial charge on any atom is -0.508 e. The minimum atomic E-state index is 0.338. The molecule has 1 saturated carbocycles. The van der Waals surface area contributed by atoms with E-state index in [1.807, 2.05) is 12.1 Å². The van der Waals surface area contributed by atoms with E-state index in [4.69, 9.17) is 24.4 Å². The number of likely N-dealkylation sites (tertiary alicyclic amines) is 1. The average Bonchev–Trinajstić information content (AvgIpc) is 3.64. The summed E-state index contributed by atoms with van der Waals surface area (Å²) >= 11 is 12.2. The van der Waals surface area contributed by atoms with Crippen LogP contribution in [0.15, 0.2) is 24.3 Å². The Morgan fingerprint density at radius 1 is 0.860 bits per heavy atom. The molecule has 4 atom stereocenters. The highest BCUT2D eigenvalue weighted by Crippen LogP contribution is 2.32. The summed E-state index contributed by atoms with van der Waals surface area (Å²) < 4.78 is 0. The first-order valence-electron chi connectivity index (χ1n) is 17.3. The summed E-state index contributed by atoms with van der Waals surface area (Å²) in [6, 6.07) is 9.69. The molecule has 4 aliphatic rings. The third-order valence-corrected chi connectivity index (χ3v) is 11.2. The van der Waals surface area contributed by atoms with Gasteiger partial charge in [0.25, 0.3) is 0 Å². The molecule has 1 aromatic carbocycles. The van der Waals surface area contributed by atoms with E-state index in [1.54, 1.807) is 0 Å². The molecule has 0 bridgehead atoms. The summed E-state index contributed by atoms with van der Waals surface area (Å²) in [4.78, 5) is 10.5. The standard InChI is InChI=1S/C35H57N5OS2/c1-25(2)17-30-20-36-34(42)38(30)23-29-11-8-16-37(29)22-31(18-26(3)4)40-24-32(19-27-12-14-33(41)15-13-27)39(35(40)43)21-28-9-6-5-7-10-28/h12-15,25-26,28-32,41H,5-11,16-24H2,1-4H3,(H,36,42)/t29-,30+,31+,32+/m1/s1. The number of phenols is 1. The number of aromatic hydroxyl groups is 1. The highest BCUT2D eigenvalue weighted by Gasteiger charge is 2.41. The molecule has 1 aliphatic carbocycles. The molecule has 2 N–H and O–H groups in total. The van der Waals surface area contributed by atoms with Crippen molar-refractivity contribution in [2.45, 2.75) is 116 Å². The van der Waals surface area contributed by atoms with Crippen LogP contribution in [-0.2, 0) is 6.42 Å². The first-order valence-corrected chi connectivity index (χ1v) is 18.1. The molecule has 3 saturated heterocycles. The molecule has 240 valence electrons. The SMILES string of the molecule is CC(C)C[C@H]1CNC(=S)N1C[C@H]1CCCN1C[C@H](CC(C)C)N1C[C@H](Cc2ccc(O)cc2)N(CC2CCCCC2)C1=S. The highest BCUT2D eigenvalue weighted by molar-refractivity contribution is 7.80. The zero-order valence-electron chi connectivity index (χ0n) is 27.2. The van der Waals surface area contributed by atoms with Crippen LogP contribution in [0.2, 0.25) is 0 Å². The van der Waals surface area contributed by atoms with Gasteiger partial charge in [0, 0.05) is 50.8 Å². The molecule has 3 heterocycles. The normalized spacial score (nSPS) is 26.4. The van der Waals surface area contributed by atoms with Crippen molar-refractivity contribution >= 4 is 34.7 Å². The fourth-order valence-corrected chi connectivity index (χ4v) is 8.99.